The van der Waals surface area contributed by atoms with Crippen LogP contribution >= 0.6 is 0 Å². The molecule has 0 aliphatic carbocycles. The van der Waals surface area contributed by atoms with E-state index in [1.165, 1.54) is 30.3 Å². The second kappa shape index (κ2) is 7.21. The number of rotatable bonds is 6. The van der Waals surface area contributed by atoms with Crippen molar-refractivity contribution < 1.29 is 18.3 Å². The van der Waals surface area contributed by atoms with Crippen LogP contribution in [0.25, 0.3) is 5.70 Å². The summed E-state index contributed by atoms with van der Waals surface area (Å²) in [7, 11) is 0. The van der Waals surface area contributed by atoms with Gasteiger partial charge < -0.3 is 4.74 Å². The highest BCUT2D eigenvalue weighted by Crippen LogP contribution is 2.15. The molecule has 2 aromatic rings. The minimum absolute atomic E-state index is 0.0226. The summed E-state index contributed by atoms with van der Waals surface area (Å²) < 4.78 is 31.8. The van der Waals surface area contributed by atoms with Crippen molar-refractivity contribution >= 4 is 11.6 Å². The Labute approximate surface area is 126 Å². The molecule has 0 radical (unpaired) electrons. The lowest BCUT2D eigenvalue weighted by Gasteiger charge is -2.12. The first-order valence-corrected chi connectivity index (χ1v) is 6.44. The predicted molar refractivity (Wildman–Crippen MR) is 78.6 cm³/mol. The van der Waals surface area contributed by atoms with Gasteiger partial charge in [0.25, 0.3) is 5.91 Å². The molecule has 2 rings (SSSR count). The van der Waals surface area contributed by atoms with Gasteiger partial charge in [0.1, 0.15) is 5.82 Å². The zero-order valence-corrected chi connectivity index (χ0v) is 11.6. The monoisotopic (exact) mass is 304 g/mol. The van der Waals surface area contributed by atoms with Gasteiger partial charge in [-0.2, -0.15) is 0 Å². The molecule has 0 atom stereocenters. The number of carbonyl (C=O) groups excluding carboxylic acids is 1. The van der Waals surface area contributed by atoms with Gasteiger partial charge in [-0.05, 0) is 24.3 Å². The minimum atomic E-state index is -0.556. The van der Waals surface area contributed by atoms with Crippen molar-refractivity contribution in [1.29, 1.82) is 0 Å². The first-order chi connectivity index (χ1) is 10.6. The summed E-state index contributed by atoms with van der Waals surface area (Å²) in [4.78, 5) is 11.6. The number of hydrogen-bond acceptors (Lipinski definition) is 3. The van der Waals surface area contributed by atoms with Gasteiger partial charge in [-0.25, -0.2) is 8.78 Å². The van der Waals surface area contributed by atoms with Gasteiger partial charge in [-0.15, -0.1) is 0 Å². The van der Waals surface area contributed by atoms with Gasteiger partial charge in [-0.3, -0.25) is 15.6 Å². The molecule has 0 unspecified atom stereocenters. The third-order valence-electron chi connectivity index (χ3n) is 2.75. The maximum atomic E-state index is 13.5. The minimum Gasteiger partial charge on any atom is -0.481 e. The number of hydrazine groups is 1. The molecule has 4 nitrogen and oxygen atoms in total. The van der Waals surface area contributed by atoms with E-state index >= 15 is 0 Å². The Bertz CT molecular complexity index is 689. The van der Waals surface area contributed by atoms with Crippen LogP contribution in [0.5, 0.6) is 5.75 Å². The van der Waals surface area contributed by atoms with E-state index in [-0.39, 0.29) is 17.0 Å². The Kier molecular flexibility index (Phi) is 5.08. The first kappa shape index (κ1) is 15.5. The van der Waals surface area contributed by atoms with Crippen LogP contribution in [-0.2, 0) is 4.79 Å². The van der Waals surface area contributed by atoms with Crippen molar-refractivity contribution in [1.82, 2.24) is 10.9 Å². The van der Waals surface area contributed by atoms with Gasteiger partial charge in [-0.1, -0.05) is 30.8 Å². The molecular weight excluding hydrogens is 290 g/mol. The van der Waals surface area contributed by atoms with Crippen LogP contribution in [0.4, 0.5) is 8.78 Å². The lowest BCUT2D eigenvalue weighted by atomic mass is 10.2. The van der Waals surface area contributed by atoms with Crippen LogP contribution in [0.1, 0.15) is 5.56 Å². The Balaban J connectivity index is 1.82. The van der Waals surface area contributed by atoms with Crippen LogP contribution in [0.15, 0.2) is 55.1 Å². The highest BCUT2D eigenvalue weighted by molar-refractivity contribution is 5.78. The summed E-state index contributed by atoms with van der Waals surface area (Å²) in [5.74, 6) is -1.60. The van der Waals surface area contributed by atoms with Crippen molar-refractivity contribution in [3.05, 3.63) is 72.3 Å². The zero-order chi connectivity index (χ0) is 15.9. The van der Waals surface area contributed by atoms with Gasteiger partial charge in [0.2, 0.25) is 0 Å². The van der Waals surface area contributed by atoms with Gasteiger partial charge in [0.05, 0.1) is 5.70 Å². The van der Waals surface area contributed by atoms with E-state index in [2.05, 4.69) is 17.4 Å². The maximum Gasteiger partial charge on any atom is 0.276 e. The van der Waals surface area contributed by atoms with Crippen molar-refractivity contribution in [2.75, 3.05) is 6.61 Å². The van der Waals surface area contributed by atoms with Gasteiger partial charge >= 0.3 is 0 Å². The third kappa shape index (κ3) is 4.05. The molecule has 1 amide bonds. The van der Waals surface area contributed by atoms with E-state index in [0.717, 1.165) is 0 Å². The van der Waals surface area contributed by atoms with Crippen LogP contribution in [-0.4, -0.2) is 12.5 Å². The summed E-state index contributed by atoms with van der Waals surface area (Å²) >= 11 is 0. The second-order valence-electron chi connectivity index (χ2n) is 4.35. The van der Waals surface area contributed by atoms with E-state index < -0.39 is 24.1 Å². The molecule has 0 heterocycles. The van der Waals surface area contributed by atoms with Crippen molar-refractivity contribution in [2.45, 2.75) is 0 Å². The van der Waals surface area contributed by atoms with Crippen molar-refractivity contribution in [3.8, 4) is 5.75 Å². The average molecular weight is 304 g/mol. The Morgan fingerprint density at radius 2 is 1.64 bits per heavy atom. The number of halogens is 2. The van der Waals surface area contributed by atoms with Crippen LogP contribution < -0.4 is 15.6 Å². The SMILES string of the molecule is C=C(NNC(=O)COc1ccccc1F)c1ccccc1F. The first-order valence-electron chi connectivity index (χ1n) is 6.44. The predicted octanol–water partition coefficient (Wildman–Crippen LogP) is 2.64. The Morgan fingerprint density at radius 1 is 1.00 bits per heavy atom. The number of benzene rings is 2. The number of hydrogen-bond donors (Lipinski definition) is 2. The molecule has 0 spiro atoms. The molecule has 22 heavy (non-hydrogen) atoms. The largest absolute Gasteiger partial charge is 0.481 e. The molecule has 0 aliphatic heterocycles. The summed E-state index contributed by atoms with van der Waals surface area (Å²) in [6.07, 6.45) is 0. The topological polar surface area (TPSA) is 50.4 Å². The van der Waals surface area contributed by atoms with Gasteiger partial charge in [0, 0.05) is 5.56 Å². The molecule has 0 bridgehead atoms. The number of nitrogens with one attached hydrogen (secondary N) is 2. The highest BCUT2D eigenvalue weighted by atomic mass is 19.1. The molecule has 114 valence electrons. The Hall–Kier alpha value is -2.89. The fourth-order valence-corrected chi connectivity index (χ4v) is 1.66. The summed E-state index contributed by atoms with van der Waals surface area (Å²) in [6.45, 7) is 3.23. The van der Waals surface area contributed by atoms with Crippen LogP contribution in [0.2, 0.25) is 0 Å². The lowest BCUT2D eigenvalue weighted by Crippen LogP contribution is -2.39. The Morgan fingerprint density at radius 3 is 2.32 bits per heavy atom. The number of carbonyl (C=O) groups is 1. The normalized spacial score (nSPS) is 9.91. The molecule has 0 aliphatic rings. The van der Waals surface area contributed by atoms with E-state index in [1.807, 2.05) is 0 Å². The fraction of sp³-hybridized carbons (Fsp3) is 0.0625. The smallest absolute Gasteiger partial charge is 0.276 e. The van der Waals surface area contributed by atoms with E-state index in [4.69, 9.17) is 4.74 Å². The zero-order valence-electron chi connectivity index (χ0n) is 11.6. The van der Waals surface area contributed by atoms with Gasteiger partial charge in [0.15, 0.2) is 18.2 Å². The van der Waals surface area contributed by atoms with Crippen LogP contribution in [0.3, 0.4) is 0 Å². The molecule has 6 heteroatoms. The fourth-order valence-electron chi connectivity index (χ4n) is 1.66. The van der Waals surface area contributed by atoms with Crippen molar-refractivity contribution in [2.24, 2.45) is 0 Å². The number of amides is 1. The summed E-state index contributed by atoms with van der Waals surface area (Å²) in [5, 5.41) is 0. The number of ether oxygens (including phenoxy) is 1. The molecular formula is C16H14F2N2O2. The highest BCUT2D eigenvalue weighted by Gasteiger charge is 2.08. The molecule has 2 aromatic carbocycles. The van der Waals surface area contributed by atoms with E-state index in [0.29, 0.717) is 0 Å². The molecule has 0 saturated heterocycles. The van der Waals surface area contributed by atoms with E-state index in [1.54, 1.807) is 18.2 Å². The summed E-state index contributed by atoms with van der Waals surface area (Å²) in [6, 6.07) is 11.7. The van der Waals surface area contributed by atoms with Crippen molar-refractivity contribution in [3.63, 3.8) is 0 Å². The molecule has 2 N–H and O–H groups in total. The van der Waals surface area contributed by atoms with E-state index in [9.17, 15) is 13.6 Å². The number of para-hydroxylation sites is 1. The van der Waals surface area contributed by atoms with Crippen LogP contribution in [0, 0.1) is 11.6 Å². The maximum absolute atomic E-state index is 13.5. The molecule has 0 saturated carbocycles. The quantitative estimate of drug-likeness (QED) is 0.807. The molecule has 0 aromatic heterocycles. The lowest BCUT2D eigenvalue weighted by molar-refractivity contribution is -0.123. The average Bonchev–Trinajstić information content (AvgIpc) is 2.52. The third-order valence-corrected chi connectivity index (χ3v) is 2.75. The second-order valence-corrected chi connectivity index (χ2v) is 4.35. The standard InChI is InChI=1S/C16H14F2N2O2/c1-11(12-6-2-3-7-13(12)17)19-20-16(21)10-22-15-9-5-4-8-14(15)18/h2-9,19H,1,10H2,(H,20,21). The molecule has 0 fully saturated rings. The summed E-state index contributed by atoms with van der Waals surface area (Å²) in [5.41, 5.74) is 5.20.